The Kier molecular flexibility index (Phi) is 4.42. The molecule has 0 atom stereocenters. The molecule has 0 bridgehead atoms. The molecule has 0 radical (unpaired) electrons. The second-order valence-corrected chi connectivity index (χ2v) is 6.07. The smallest absolute Gasteiger partial charge is 0.340 e. The molecular formula is C13H10Cl2O4S. The van der Waals surface area contributed by atoms with Gasteiger partial charge in [-0.2, -0.15) is 8.42 Å². The first-order valence-electron chi connectivity index (χ1n) is 5.46. The molecule has 0 amide bonds. The molecule has 0 fully saturated rings. The molecule has 0 heterocycles. The predicted octanol–water partition coefficient (Wildman–Crippen LogP) is 3.77. The molecule has 0 spiro atoms. The van der Waals surface area contributed by atoms with Crippen LogP contribution in [0.3, 0.4) is 0 Å². The van der Waals surface area contributed by atoms with Crippen molar-refractivity contribution in [3.05, 3.63) is 52.5 Å². The van der Waals surface area contributed by atoms with Crippen LogP contribution >= 0.6 is 23.2 Å². The quantitative estimate of drug-likeness (QED) is 0.799. The van der Waals surface area contributed by atoms with Gasteiger partial charge in [-0.3, -0.25) is 0 Å². The highest BCUT2D eigenvalue weighted by Crippen LogP contribution is 2.31. The van der Waals surface area contributed by atoms with Crippen LogP contribution in [0.1, 0.15) is 0 Å². The number of rotatable bonds is 4. The lowest BCUT2D eigenvalue weighted by atomic mass is 10.3. The van der Waals surface area contributed by atoms with Gasteiger partial charge < -0.3 is 8.92 Å². The summed E-state index contributed by atoms with van der Waals surface area (Å²) in [6.07, 6.45) is 0. The minimum atomic E-state index is -4.06. The molecular weight excluding hydrogens is 323 g/mol. The molecule has 0 aliphatic rings. The highest BCUT2D eigenvalue weighted by atomic mass is 35.5. The number of hydrogen-bond donors (Lipinski definition) is 0. The molecule has 0 saturated heterocycles. The summed E-state index contributed by atoms with van der Waals surface area (Å²) < 4.78 is 34.3. The molecule has 106 valence electrons. The number of methoxy groups -OCH3 is 1. The van der Waals surface area contributed by atoms with E-state index in [4.69, 9.17) is 32.1 Å². The van der Waals surface area contributed by atoms with Crippen molar-refractivity contribution in [3.63, 3.8) is 0 Å². The van der Waals surface area contributed by atoms with Gasteiger partial charge in [0.1, 0.15) is 16.4 Å². The van der Waals surface area contributed by atoms with Gasteiger partial charge in [0.2, 0.25) is 0 Å². The monoisotopic (exact) mass is 332 g/mol. The summed E-state index contributed by atoms with van der Waals surface area (Å²) >= 11 is 11.7. The van der Waals surface area contributed by atoms with Crippen LogP contribution in [-0.2, 0) is 10.1 Å². The minimum absolute atomic E-state index is 0.0722. The van der Waals surface area contributed by atoms with Gasteiger partial charge in [-0.1, -0.05) is 35.3 Å². The summed E-state index contributed by atoms with van der Waals surface area (Å²) in [7, 11) is -2.59. The zero-order valence-electron chi connectivity index (χ0n) is 10.3. The fourth-order valence-corrected chi connectivity index (χ4v) is 3.16. The fourth-order valence-electron chi connectivity index (χ4n) is 1.50. The van der Waals surface area contributed by atoms with E-state index in [-0.39, 0.29) is 20.7 Å². The first-order chi connectivity index (χ1) is 9.44. The van der Waals surface area contributed by atoms with E-state index in [1.54, 1.807) is 12.1 Å². The molecule has 0 N–H and O–H groups in total. The van der Waals surface area contributed by atoms with Gasteiger partial charge in [0.25, 0.3) is 0 Å². The van der Waals surface area contributed by atoms with Crippen LogP contribution in [-0.4, -0.2) is 15.5 Å². The molecule has 0 aromatic heterocycles. The van der Waals surface area contributed by atoms with Crippen molar-refractivity contribution >= 4 is 33.3 Å². The molecule has 7 heteroatoms. The molecule has 0 saturated carbocycles. The van der Waals surface area contributed by atoms with Crippen LogP contribution in [0.4, 0.5) is 0 Å². The molecule has 2 rings (SSSR count). The Bertz CT molecular complexity index is 729. The normalized spacial score (nSPS) is 11.2. The Labute approximate surface area is 127 Å². The highest BCUT2D eigenvalue weighted by Gasteiger charge is 2.21. The molecule has 2 aromatic rings. The molecule has 20 heavy (non-hydrogen) atoms. The van der Waals surface area contributed by atoms with E-state index in [9.17, 15) is 8.42 Å². The lowest BCUT2D eigenvalue weighted by molar-refractivity contribution is 0.411. The zero-order valence-corrected chi connectivity index (χ0v) is 12.7. The van der Waals surface area contributed by atoms with Gasteiger partial charge in [0.05, 0.1) is 17.2 Å². The standard InChI is InChI=1S/C13H10Cl2O4S/c1-18-9-4-2-5-10(8-9)19-20(16,17)12-7-3-6-11(14)13(12)15/h2-8H,1H3. The van der Waals surface area contributed by atoms with Crippen LogP contribution in [0, 0.1) is 0 Å². The van der Waals surface area contributed by atoms with Gasteiger partial charge in [-0.05, 0) is 24.3 Å². The third-order valence-corrected chi connectivity index (χ3v) is 4.65. The topological polar surface area (TPSA) is 52.6 Å². The first kappa shape index (κ1) is 15.0. The number of ether oxygens (including phenoxy) is 1. The van der Waals surface area contributed by atoms with E-state index in [0.717, 1.165) is 0 Å². The second-order valence-electron chi connectivity index (χ2n) is 3.77. The summed E-state index contributed by atoms with van der Waals surface area (Å²) in [5.41, 5.74) is 0. The molecule has 2 aromatic carbocycles. The van der Waals surface area contributed by atoms with E-state index in [2.05, 4.69) is 0 Å². The summed E-state index contributed by atoms with van der Waals surface area (Å²) in [4.78, 5) is -0.186. The highest BCUT2D eigenvalue weighted by molar-refractivity contribution is 7.87. The van der Waals surface area contributed by atoms with Gasteiger partial charge in [0.15, 0.2) is 0 Å². The maximum absolute atomic E-state index is 12.2. The van der Waals surface area contributed by atoms with Crippen molar-refractivity contribution in [3.8, 4) is 11.5 Å². The van der Waals surface area contributed by atoms with Crippen LogP contribution in [0.5, 0.6) is 11.5 Å². The Balaban J connectivity index is 2.38. The SMILES string of the molecule is COc1cccc(OS(=O)(=O)c2cccc(Cl)c2Cl)c1. The van der Waals surface area contributed by atoms with Gasteiger partial charge in [-0.25, -0.2) is 0 Å². The van der Waals surface area contributed by atoms with Crippen molar-refractivity contribution in [2.75, 3.05) is 7.11 Å². The number of halogens is 2. The van der Waals surface area contributed by atoms with Crippen molar-refractivity contribution in [1.82, 2.24) is 0 Å². The maximum atomic E-state index is 12.2. The Morgan fingerprint density at radius 2 is 1.65 bits per heavy atom. The third-order valence-electron chi connectivity index (χ3n) is 2.43. The van der Waals surface area contributed by atoms with Crippen molar-refractivity contribution in [2.45, 2.75) is 4.90 Å². The van der Waals surface area contributed by atoms with E-state index in [1.165, 1.54) is 37.4 Å². The van der Waals surface area contributed by atoms with Crippen molar-refractivity contribution in [2.24, 2.45) is 0 Å². The summed E-state index contributed by atoms with van der Waals surface area (Å²) in [6.45, 7) is 0. The minimum Gasteiger partial charge on any atom is -0.497 e. The van der Waals surface area contributed by atoms with Crippen LogP contribution < -0.4 is 8.92 Å². The van der Waals surface area contributed by atoms with Crippen molar-refractivity contribution < 1.29 is 17.3 Å². The Hall–Kier alpha value is -1.43. The number of hydrogen-bond acceptors (Lipinski definition) is 4. The van der Waals surface area contributed by atoms with Gasteiger partial charge in [0, 0.05) is 6.07 Å². The van der Waals surface area contributed by atoms with Crippen LogP contribution in [0.25, 0.3) is 0 Å². The lowest BCUT2D eigenvalue weighted by Gasteiger charge is -2.09. The van der Waals surface area contributed by atoms with E-state index in [1.807, 2.05) is 0 Å². The number of benzene rings is 2. The average Bonchev–Trinajstić information content (AvgIpc) is 2.41. The summed E-state index contributed by atoms with van der Waals surface area (Å²) in [6, 6.07) is 10.5. The second kappa shape index (κ2) is 5.91. The van der Waals surface area contributed by atoms with Crippen LogP contribution in [0.15, 0.2) is 47.4 Å². The summed E-state index contributed by atoms with van der Waals surface area (Å²) in [5, 5.41) is 0.0686. The molecule has 0 unspecified atom stereocenters. The third kappa shape index (κ3) is 3.17. The van der Waals surface area contributed by atoms with Gasteiger partial charge in [-0.15, -0.1) is 0 Å². The Morgan fingerprint density at radius 3 is 2.35 bits per heavy atom. The average molecular weight is 333 g/mol. The Morgan fingerprint density at radius 1 is 1.00 bits per heavy atom. The van der Waals surface area contributed by atoms with E-state index >= 15 is 0 Å². The van der Waals surface area contributed by atoms with Gasteiger partial charge >= 0.3 is 10.1 Å². The zero-order chi connectivity index (χ0) is 14.8. The molecule has 0 aliphatic heterocycles. The summed E-state index contributed by atoms with van der Waals surface area (Å²) in [5.74, 6) is 0.607. The first-order valence-corrected chi connectivity index (χ1v) is 7.63. The maximum Gasteiger partial charge on any atom is 0.340 e. The van der Waals surface area contributed by atoms with Crippen molar-refractivity contribution in [1.29, 1.82) is 0 Å². The van der Waals surface area contributed by atoms with E-state index in [0.29, 0.717) is 5.75 Å². The fraction of sp³-hybridized carbons (Fsp3) is 0.0769. The predicted molar refractivity (Wildman–Crippen MR) is 77.3 cm³/mol. The molecule has 4 nitrogen and oxygen atoms in total. The van der Waals surface area contributed by atoms with E-state index < -0.39 is 10.1 Å². The largest absolute Gasteiger partial charge is 0.497 e. The van der Waals surface area contributed by atoms with Crippen LogP contribution in [0.2, 0.25) is 10.0 Å². The lowest BCUT2D eigenvalue weighted by Crippen LogP contribution is -2.10. The molecule has 0 aliphatic carbocycles.